The molecule has 0 bridgehead atoms. The molecular formula is C21H21FN4O2S. The maximum Gasteiger partial charge on any atom is 0.266 e. The van der Waals surface area contributed by atoms with E-state index in [-0.39, 0.29) is 23.0 Å². The first-order chi connectivity index (χ1) is 14.0. The number of likely N-dealkylation sites (N-methyl/N-ethyl adjacent to an activating group) is 1. The number of carbonyl (C=O) groups is 1. The van der Waals surface area contributed by atoms with E-state index in [0.29, 0.717) is 34.8 Å². The normalized spacial score (nSPS) is 15.0. The third kappa shape index (κ3) is 4.18. The summed E-state index contributed by atoms with van der Waals surface area (Å²) in [5.41, 5.74) is 0.853. The minimum Gasteiger partial charge on any atom is -0.339 e. The molecule has 0 atom stereocenters. The molecule has 2 aromatic carbocycles. The lowest BCUT2D eigenvalue weighted by molar-refractivity contribution is -0.129. The highest BCUT2D eigenvalue weighted by Crippen LogP contribution is 2.22. The minimum atomic E-state index is -0.380. The number of fused-ring (bicyclic) bond motifs is 1. The second-order valence-corrected chi connectivity index (χ2v) is 7.94. The fourth-order valence-electron chi connectivity index (χ4n) is 3.30. The zero-order chi connectivity index (χ0) is 20.4. The lowest BCUT2D eigenvalue weighted by Crippen LogP contribution is -2.47. The van der Waals surface area contributed by atoms with E-state index in [1.165, 1.54) is 28.5 Å². The largest absolute Gasteiger partial charge is 0.339 e. The van der Waals surface area contributed by atoms with E-state index in [1.807, 2.05) is 18.0 Å². The van der Waals surface area contributed by atoms with Gasteiger partial charge in [0, 0.05) is 26.2 Å². The molecule has 0 radical (unpaired) electrons. The molecule has 1 aliphatic heterocycles. The van der Waals surface area contributed by atoms with Crippen LogP contribution in [0, 0.1) is 5.82 Å². The van der Waals surface area contributed by atoms with E-state index in [9.17, 15) is 14.0 Å². The molecule has 3 aromatic rings. The number of thioether (sulfide) groups is 1. The van der Waals surface area contributed by atoms with Crippen molar-refractivity contribution >= 4 is 28.6 Å². The van der Waals surface area contributed by atoms with Crippen molar-refractivity contribution in [1.29, 1.82) is 0 Å². The van der Waals surface area contributed by atoms with Gasteiger partial charge in [0.15, 0.2) is 5.16 Å². The molecule has 0 N–H and O–H groups in total. The first-order valence-corrected chi connectivity index (χ1v) is 10.4. The summed E-state index contributed by atoms with van der Waals surface area (Å²) in [7, 11) is 2.04. The summed E-state index contributed by atoms with van der Waals surface area (Å²) in [5, 5.41) is 0.898. The van der Waals surface area contributed by atoms with Crippen LogP contribution in [0.25, 0.3) is 16.6 Å². The van der Waals surface area contributed by atoms with Crippen molar-refractivity contribution < 1.29 is 9.18 Å². The van der Waals surface area contributed by atoms with Crippen LogP contribution in [0.15, 0.2) is 58.5 Å². The van der Waals surface area contributed by atoms with Gasteiger partial charge in [-0.05, 0) is 43.4 Å². The van der Waals surface area contributed by atoms with Crippen LogP contribution in [0.4, 0.5) is 4.39 Å². The predicted octanol–water partition coefficient (Wildman–Crippen LogP) is 2.39. The summed E-state index contributed by atoms with van der Waals surface area (Å²) in [4.78, 5) is 34.4. The Hall–Kier alpha value is -2.71. The summed E-state index contributed by atoms with van der Waals surface area (Å²) >= 11 is 1.23. The van der Waals surface area contributed by atoms with Gasteiger partial charge in [-0.2, -0.15) is 0 Å². The van der Waals surface area contributed by atoms with Gasteiger partial charge in [0.05, 0.1) is 22.3 Å². The molecule has 0 saturated carbocycles. The van der Waals surface area contributed by atoms with Crippen molar-refractivity contribution in [3.63, 3.8) is 0 Å². The fourth-order valence-corrected chi connectivity index (χ4v) is 4.22. The third-order valence-corrected chi connectivity index (χ3v) is 5.93. The Morgan fingerprint density at radius 1 is 1.07 bits per heavy atom. The van der Waals surface area contributed by atoms with Gasteiger partial charge < -0.3 is 9.80 Å². The highest BCUT2D eigenvalue weighted by molar-refractivity contribution is 7.99. The number of amides is 1. The molecule has 4 rings (SSSR count). The number of piperazine rings is 1. The SMILES string of the molecule is CN1CCN(C(=O)CSc2nc3ccccc3c(=O)n2-c2ccc(F)cc2)CC1. The van der Waals surface area contributed by atoms with Crippen molar-refractivity contribution in [2.45, 2.75) is 5.16 Å². The number of para-hydroxylation sites is 1. The monoisotopic (exact) mass is 412 g/mol. The van der Waals surface area contributed by atoms with Crippen molar-refractivity contribution in [3.8, 4) is 5.69 Å². The van der Waals surface area contributed by atoms with E-state index < -0.39 is 0 Å². The van der Waals surface area contributed by atoms with Crippen LogP contribution in [0.2, 0.25) is 0 Å². The number of nitrogens with zero attached hydrogens (tertiary/aromatic N) is 4. The van der Waals surface area contributed by atoms with Crippen LogP contribution in [-0.4, -0.2) is 64.2 Å². The molecule has 6 nitrogen and oxygen atoms in total. The van der Waals surface area contributed by atoms with Gasteiger partial charge in [-0.1, -0.05) is 23.9 Å². The smallest absolute Gasteiger partial charge is 0.266 e. The van der Waals surface area contributed by atoms with E-state index in [4.69, 9.17) is 0 Å². The van der Waals surface area contributed by atoms with Crippen LogP contribution in [0.3, 0.4) is 0 Å². The summed E-state index contributed by atoms with van der Waals surface area (Å²) in [5.74, 6) is -0.165. The van der Waals surface area contributed by atoms with Gasteiger partial charge >= 0.3 is 0 Å². The predicted molar refractivity (Wildman–Crippen MR) is 112 cm³/mol. The van der Waals surface area contributed by atoms with Crippen LogP contribution < -0.4 is 5.56 Å². The maximum atomic E-state index is 13.4. The molecule has 0 aliphatic carbocycles. The van der Waals surface area contributed by atoms with Gasteiger partial charge in [0.1, 0.15) is 5.82 Å². The average Bonchev–Trinajstić information content (AvgIpc) is 2.73. The quantitative estimate of drug-likeness (QED) is 0.487. The Kier molecular flexibility index (Phi) is 5.64. The van der Waals surface area contributed by atoms with Crippen molar-refractivity contribution in [2.75, 3.05) is 39.0 Å². The van der Waals surface area contributed by atoms with Crippen molar-refractivity contribution in [2.24, 2.45) is 0 Å². The topological polar surface area (TPSA) is 58.4 Å². The van der Waals surface area contributed by atoms with E-state index in [0.717, 1.165) is 13.1 Å². The number of benzene rings is 2. The standard InChI is InChI=1S/C21H21FN4O2S/c1-24-10-12-25(13-11-24)19(27)14-29-21-23-18-5-3-2-4-17(18)20(28)26(21)16-8-6-15(22)7-9-16/h2-9H,10-14H2,1H3. The molecule has 1 saturated heterocycles. The van der Waals surface area contributed by atoms with E-state index in [2.05, 4.69) is 9.88 Å². The lowest BCUT2D eigenvalue weighted by Gasteiger charge is -2.32. The first-order valence-electron chi connectivity index (χ1n) is 9.40. The van der Waals surface area contributed by atoms with E-state index in [1.54, 1.807) is 30.3 Å². The Morgan fingerprint density at radius 3 is 2.48 bits per heavy atom. The van der Waals surface area contributed by atoms with Crippen LogP contribution >= 0.6 is 11.8 Å². The Balaban J connectivity index is 1.67. The Labute approximate surface area is 171 Å². The number of rotatable bonds is 4. The van der Waals surface area contributed by atoms with Gasteiger partial charge in [-0.25, -0.2) is 9.37 Å². The Bertz CT molecular complexity index is 1090. The van der Waals surface area contributed by atoms with Crippen LogP contribution in [-0.2, 0) is 4.79 Å². The second kappa shape index (κ2) is 8.34. The molecule has 8 heteroatoms. The van der Waals surface area contributed by atoms with Gasteiger partial charge in [-0.15, -0.1) is 0 Å². The molecule has 1 amide bonds. The fraction of sp³-hybridized carbons (Fsp3) is 0.286. The zero-order valence-corrected chi connectivity index (χ0v) is 16.9. The van der Waals surface area contributed by atoms with E-state index >= 15 is 0 Å². The molecule has 29 heavy (non-hydrogen) atoms. The van der Waals surface area contributed by atoms with Gasteiger partial charge in [-0.3, -0.25) is 14.2 Å². The number of carbonyl (C=O) groups excluding carboxylic acids is 1. The molecule has 1 fully saturated rings. The third-order valence-electron chi connectivity index (χ3n) is 5.01. The lowest BCUT2D eigenvalue weighted by atomic mass is 10.2. The average molecular weight is 412 g/mol. The molecular weight excluding hydrogens is 391 g/mol. The number of hydrogen-bond acceptors (Lipinski definition) is 5. The summed E-state index contributed by atoms with van der Waals surface area (Å²) in [6, 6.07) is 12.8. The minimum absolute atomic E-state index is 0.0242. The zero-order valence-electron chi connectivity index (χ0n) is 16.0. The highest BCUT2D eigenvalue weighted by atomic mass is 32.2. The van der Waals surface area contributed by atoms with Gasteiger partial charge in [0.2, 0.25) is 5.91 Å². The van der Waals surface area contributed by atoms with Crippen LogP contribution in [0.5, 0.6) is 0 Å². The molecule has 1 aliphatic rings. The van der Waals surface area contributed by atoms with Crippen LogP contribution in [0.1, 0.15) is 0 Å². The summed E-state index contributed by atoms with van der Waals surface area (Å²) in [6.07, 6.45) is 0. The molecule has 1 aromatic heterocycles. The van der Waals surface area contributed by atoms with Crippen molar-refractivity contribution in [1.82, 2.24) is 19.4 Å². The molecule has 0 spiro atoms. The molecule has 150 valence electrons. The maximum absolute atomic E-state index is 13.4. The molecule has 0 unspecified atom stereocenters. The van der Waals surface area contributed by atoms with Crippen molar-refractivity contribution in [3.05, 3.63) is 64.7 Å². The number of halogens is 1. The Morgan fingerprint density at radius 2 is 1.76 bits per heavy atom. The molecule has 2 heterocycles. The van der Waals surface area contributed by atoms with Gasteiger partial charge in [0.25, 0.3) is 5.56 Å². The first kappa shape index (κ1) is 19.6. The number of aromatic nitrogens is 2. The highest BCUT2D eigenvalue weighted by Gasteiger charge is 2.21. The second-order valence-electron chi connectivity index (χ2n) is 7.00. The summed E-state index contributed by atoms with van der Waals surface area (Å²) < 4.78 is 14.8. The summed E-state index contributed by atoms with van der Waals surface area (Å²) in [6.45, 7) is 3.10. The number of hydrogen-bond donors (Lipinski definition) is 0.